The van der Waals surface area contributed by atoms with E-state index in [9.17, 15) is 18.0 Å². The second kappa shape index (κ2) is 11.0. The first-order valence-electron chi connectivity index (χ1n) is 12.7. The molecule has 3 aromatic carbocycles. The van der Waals surface area contributed by atoms with E-state index in [1.165, 1.54) is 11.0 Å². The van der Waals surface area contributed by atoms with Gasteiger partial charge in [-0.25, -0.2) is 14.4 Å². The molecule has 5 rings (SSSR count). The van der Waals surface area contributed by atoms with Crippen LogP contribution in [0.15, 0.2) is 71.3 Å². The average molecular weight is 561 g/mol. The topological polar surface area (TPSA) is 73.4 Å². The normalized spacial score (nSPS) is 11.2. The summed E-state index contributed by atoms with van der Waals surface area (Å²) in [5.41, 5.74) is 5.11. The van der Waals surface area contributed by atoms with Gasteiger partial charge >= 0.3 is 6.61 Å². The maximum absolute atomic E-state index is 14.7. The van der Waals surface area contributed by atoms with Gasteiger partial charge in [-0.15, -0.1) is 0 Å². The second-order valence-electron chi connectivity index (χ2n) is 9.75. The van der Waals surface area contributed by atoms with E-state index in [1.54, 1.807) is 27.1 Å². The summed E-state index contributed by atoms with van der Waals surface area (Å²) in [4.78, 5) is 23.3. The van der Waals surface area contributed by atoms with E-state index in [2.05, 4.69) is 14.7 Å². The minimum absolute atomic E-state index is 0.121. The highest BCUT2D eigenvalue weighted by Crippen LogP contribution is 2.39. The number of aryl methyl sites for hydroxylation is 3. The number of rotatable bonds is 7. The smallest absolute Gasteiger partial charge is 0.387 e. The van der Waals surface area contributed by atoms with Crippen LogP contribution < -0.4 is 4.74 Å². The first-order valence-corrected chi connectivity index (χ1v) is 12.7. The Morgan fingerprint density at radius 2 is 1.68 bits per heavy atom. The summed E-state index contributed by atoms with van der Waals surface area (Å²) in [5, 5.41) is 0. The highest BCUT2D eigenvalue weighted by atomic mass is 19.3. The fraction of sp³-hybridized carbons (Fsp3) is 0.194. The van der Waals surface area contributed by atoms with Crippen molar-refractivity contribution in [3.05, 3.63) is 95.7 Å². The van der Waals surface area contributed by atoms with Crippen molar-refractivity contribution in [2.45, 2.75) is 27.4 Å². The lowest BCUT2D eigenvalue weighted by Gasteiger charge is -2.15. The molecule has 210 valence electrons. The lowest BCUT2D eigenvalue weighted by atomic mass is 9.96. The van der Waals surface area contributed by atoms with Gasteiger partial charge in [-0.3, -0.25) is 4.79 Å². The summed E-state index contributed by atoms with van der Waals surface area (Å²) in [7, 11) is 3.39. The molecule has 0 bridgehead atoms. The summed E-state index contributed by atoms with van der Waals surface area (Å²) in [6, 6.07) is 16.7. The summed E-state index contributed by atoms with van der Waals surface area (Å²) < 4.78 is 52.2. The molecule has 0 atom stereocenters. The molecular formula is C31H27F3N4O3. The van der Waals surface area contributed by atoms with Crippen LogP contribution in [0, 0.1) is 26.6 Å². The van der Waals surface area contributed by atoms with Crippen LogP contribution in [0.5, 0.6) is 5.75 Å². The van der Waals surface area contributed by atoms with Gasteiger partial charge in [0.2, 0.25) is 0 Å². The molecule has 0 radical (unpaired) electrons. The first-order chi connectivity index (χ1) is 19.5. The van der Waals surface area contributed by atoms with E-state index in [1.807, 2.05) is 61.0 Å². The Bertz CT molecular complexity index is 1760. The fourth-order valence-electron chi connectivity index (χ4n) is 4.71. The standard InChI is InChI=1S/C31H27F3N4O3/c1-17-16-38(18(2)35-17)26-11-9-21(20-7-6-8-23(13-20)30(39)37(4)5)14-24(26)28-29(40-19(3)36-28)22-10-12-27(25(32)15-22)41-31(33)34/h6-16,31H,1-5H3. The van der Waals surface area contributed by atoms with Gasteiger partial charge < -0.3 is 18.6 Å². The highest BCUT2D eigenvalue weighted by Gasteiger charge is 2.22. The average Bonchev–Trinajstić information content (AvgIpc) is 3.49. The van der Waals surface area contributed by atoms with E-state index >= 15 is 0 Å². The summed E-state index contributed by atoms with van der Waals surface area (Å²) in [6.07, 6.45) is 1.90. The molecule has 10 heteroatoms. The number of hydrogen-bond acceptors (Lipinski definition) is 5. The first kappa shape index (κ1) is 27.7. The lowest BCUT2D eigenvalue weighted by molar-refractivity contribution is -0.0521. The monoisotopic (exact) mass is 560 g/mol. The van der Waals surface area contributed by atoms with Crippen LogP contribution in [-0.2, 0) is 0 Å². The van der Waals surface area contributed by atoms with E-state index in [4.69, 9.17) is 4.42 Å². The summed E-state index contributed by atoms with van der Waals surface area (Å²) >= 11 is 0. The third kappa shape index (κ3) is 5.58. The Morgan fingerprint density at radius 1 is 0.951 bits per heavy atom. The number of carbonyl (C=O) groups is 1. The number of carbonyl (C=O) groups excluding carboxylic acids is 1. The van der Waals surface area contributed by atoms with Crippen molar-refractivity contribution in [3.8, 4) is 45.1 Å². The van der Waals surface area contributed by atoms with Crippen LogP contribution in [0.2, 0.25) is 0 Å². The number of hydrogen-bond donors (Lipinski definition) is 0. The van der Waals surface area contributed by atoms with Crippen molar-refractivity contribution in [1.29, 1.82) is 0 Å². The molecule has 0 aliphatic rings. The molecule has 0 saturated heterocycles. The zero-order valence-corrected chi connectivity index (χ0v) is 23.1. The maximum Gasteiger partial charge on any atom is 0.387 e. The molecule has 0 aliphatic heterocycles. The van der Waals surface area contributed by atoms with E-state index in [-0.39, 0.29) is 11.7 Å². The molecule has 0 unspecified atom stereocenters. The van der Waals surface area contributed by atoms with Crippen molar-refractivity contribution in [3.63, 3.8) is 0 Å². The number of benzene rings is 3. The van der Waals surface area contributed by atoms with Crippen LogP contribution in [0.25, 0.3) is 39.4 Å². The molecule has 0 saturated carbocycles. The number of ether oxygens (including phenoxy) is 1. The van der Waals surface area contributed by atoms with Gasteiger partial charge in [-0.2, -0.15) is 8.78 Å². The van der Waals surface area contributed by atoms with Crippen molar-refractivity contribution in [2.24, 2.45) is 0 Å². The van der Waals surface area contributed by atoms with Gasteiger partial charge in [0.1, 0.15) is 11.5 Å². The second-order valence-corrected chi connectivity index (χ2v) is 9.75. The predicted molar refractivity (Wildman–Crippen MR) is 149 cm³/mol. The molecule has 2 aromatic heterocycles. The maximum atomic E-state index is 14.7. The van der Waals surface area contributed by atoms with Gasteiger partial charge in [0.15, 0.2) is 23.2 Å². The Hall–Kier alpha value is -4.86. The van der Waals surface area contributed by atoms with Crippen LogP contribution in [0.4, 0.5) is 13.2 Å². The predicted octanol–water partition coefficient (Wildman–Crippen LogP) is 7.23. The minimum atomic E-state index is -3.16. The van der Waals surface area contributed by atoms with E-state index in [0.29, 0.717) is 28.3 Å². The van der Waals surface area contributed by atoms with Gasteiger partial charge in [0.05, 0.1) is 11.4 Å². The van der Waals surface area contributed by atoms with Gasteiger partial charge in [0.25, 0.3) is 5.91 Å². The zero-order chi connectivity index (χ0) is 29.4. The molecule has 1 amide bonds. The number of nitrogens with zero attached hydrogens (tertiary/aromatic N) is 4. The Kier molecular flexibility index (Phi) is 7.40. The number of halogens is 3. The Balaban J connectivity index is 1.70. The molecular weight excluding hydrogens is 533 g/mol. The minimum Gasteiger partial charge on any atom is -0.440 e. The molecule has 2 heterocycles. The quantitative estimate of drug-likeness (QED) is 0.210. The third-order valence-electron chi connectivity index (χ3n) is 6.51. The number of aromatic nitrogens is 3. The van der Waals surface area contributed by atoms with E-state index in [0.717, 1.165) is 40.5 Å². The van der Waals surface area contributed by atoms with Crippen molar-refractivity contribution in [1.82, 2.24) is 19.4 Å². The summed E-state index contributed by atoms with van der Waals surface area (Å²) in [6.45, 7) is 2.29. The fourth-order valence-corrected chi connectivity index (χ4v) is 4.71. The number of amides is 1. The number of imidazole rings is 1. The van der Waals surface area contributed by atoms with Crippen LogP contribution in [-0.4, -0.2) is 46.0 Å². The highest BCUT2D eigenvalue weighted by molar-refractivity contribution is 5.95. The lowest BCUT2D eigenvalue weighted by Crippen LogP contribution is -2.21. The molecule has 5 aromatic rings. The van der Waals surface area contributed by atoms with E-state index < -0.39 is 18.2 Å². The van der Waals surface area contributed by atoms with Crippen molar-refractivity contribution in [2.75, 3.05) is 14.1 Å². The summed E-state index contributed by atoms with van der Waals surface area (Å²) in [5.74, 6) is -0.312. The zero-order valence-electron chi connectivity index (χ0n) is 23.1. The molecule has 0 N–H and O–H groups in total. The van der Waals surface area contributed by atoms with Gasteiger partial charge in [-0.05, 0) is 67.4 Å². The molecule has 7 nitrogen and oxygen atoms in total. The SMILES string of the molecule is Cc1cn(-c2ccc(-c3cccc(C(=O)N(C)C)c3)cc2-c2nc(C)oc2-c2ccc(OC(F)F)c(F)c2)c(C)n1. The largest absolute Gasteiger partial charge is 0.440 e. The Morgan fingerprint density at radius 3 is 2.34 bits per heavy atom. The molecule has 0 fully saturated rings. The van der Waals surface area contributed by atoms with Gasteiger partial charge in [-0.1, -0.05) is 18.2 Å². The molecule has 0 spiro atoms. The molecule has 41 heavy (non-hydrogen) atoms. The number of alkyl halides is 2. The number of oxazole rings is 1. The van der Waals surface area contributed by atoms with Crippen LogP contribution >= 0.6 is 0 Å². The third-order valence-corrected chi connectivity index (χ3v) is 6.51. The van der Waals surface area contributed by atoms with Gasteiger partial charge in [0, 0.05) is 43.9 Å². The molecule has 0 aliphatic carbocycles. The van der Waals surface area contributed by atoms with Crippen LogP contribution in [0.3, 0.4) is 0 Å². The Labute approximate surface area is 234 Å². The van der Waals surface area contributed by atoms with Crippen molar-refractivity contribution < 1.29 is 27.1 Å². The van der Waals surface area contributed by atoms with Crippen LogP contribution in [0.1, 0.15) is 27.8 Å². The van der Waals surface area contributed by atoms with Crippen molar-refractivity contribution >= 4 is 5.91 Å².